The summed E-state index contributed by atoms with van der Waals surface area (Å²) < 4.78 is 36.4. The molecule has 3 aromatic rings. The summed E-state index contributed by atoms with van der Waals surface area (Å²) in [7, 11) is 1.25. The molecule has 30 heavy (non-hydrogen) atoms. The Morgan fingerprint density at radius 3 is 2.47 bits per heavy atom. The van der Waals surface area contributed by atoms with E-state index >= 15 is 4.39 Å². The molecule has 2 heterocycles. The van der Waals surface area contributed by atoms with Crippen LogP contribution in [0.4, 0.5) is 4.39 Å². The lowest BCUT2D eigenvalue weighted by Gasteiger charge is -2.39. The molecule has 1 saturated heterocycles. The number of aliphatic hydroxyl groups excluding tert-OH is 4. The zero-order chi connectivity index (χ0) is 21.6. The molecule has 5 atom stereocenters. The third-order valence-electron chi connectivity index (χ3n) is 5.06. The van der Waals surface area contributed by atoms with Crippen LogP contribution in [0.15, 0.2) is 39.5 Å². The second kappa shape index (κ2) is 7.82. The smallest absolute Gasteiger partial charge is 0.344 e. The molecule has 1 aliphatic rings. The van der Waals surface area contributed by atoms with Crippen LogP contribution in [0, 0.1) is 5.82 Å². The number of rotatable bonds is 4. The van der Waals surface area contributed by atoms with E-state index in [1.165, 1.54) is 13.2 Å². The summed E-state index contributed by atoms with van der Waals surface area (Å²) in [4.78, 5) is 12.3. The van der Waals surface area contributed by atoms with E-state index in [1.807, 2.05) is 0 Å². The Balaban J connectivity index is 1.84. The van der Waals surface area contributed by atoms with Gasteiger partial charge >= 0.3 is 5.63 Å². The van der Waals surface area contributed by atoms with E-state index in [1.54, 1.807) is 18.2 Å². The highest BCUT2D eigenvalue weighted by molar-refractivity contribution is 6.07. The summed E-state index contributed by atoms with van der Waals surface area (Å²) in [5.41, 5.74) is -0.915. The number of hydrogen-bond donors (Lipinski definition) is 4. The van der Waals surface area contributed by atoms with Gasteiger partial charge in [0.1, 0.15) is 30.2 Å². The lowest BCUT2D eigenvalue weighted by atomic mass is 9.99. The molecule has 160 valence electrons. The van der Waals surface area contributed by atoms with Crippen LogP contribution in [0.2, 0.25) is 0 Å². The van der Waals surface area contributed by atoms with Crippen molar-refractivity contribution in [3.63, 3.8) is 0 Å². The van der Waals surface area contributed by atoms with Gasteiger partial charge in [0.05, 0.1) is 24.5 Å². The third kappa shape index (κ3) is 3.18. The molecule has 0 radical (unpaired) electrons. The fourth-order valence-corrected chi connectivity index (χ4v) is 3.53. The van der Waals surface area contributed by atoms with Crippen LogP contribution in [0.25, 0.3) is 21.7 Å². The Labute approximate surface area is 168 Å². The highest BCUT2D eigenvalue weighted by Gasteiger charge is 2.45. The van der Waals surface area contributed by atoms with Crippen LogP contribution in [-0.4, -0.2) is 64.8 Å². The molecule has 10 heteroatoms. The van der Waals surface area contributed by atoms with Crippen LogP contribution in [0.3, 0.4) is 0 Å². The SMILES string of the molecule is COc1c(O[C@@H]2O[C@H](CO)[C@@H](O)[C@H](O)[C@H]2O)cc(F)c2c1oc(=O)c1ccccc12. The van der Waals surface area contributed by atoms with Crippen molar-refractivity contribution in [1.29, 1.82) is 0 Å². The second-order valence-corrected chi connectivity index (χ2v) is 6.84. The molecule has 0 spiro atoms. The molecular weight excluding hydrogens is 403 g/mol. The summed E-state index contributed by atoms with van der Waals surface area (Å²) in [6, 6.07) is 7.30. The van der Waals surface area contributed by atoms with Crippen LogP contribution >= 0.6 is 0 Å². The van der Waals surface area contributed by atoms with Crippen LogP contribution < -0.4 is 15.1 Å². The van der Waals surface area contributed by atoms with E-state index in [2.05, 4.69) is 0 Å². The number of fused-ring (bicyclic) bond motifs is 3. The number of aliphatic hydroxyl groups is 4. The van der Waals surface area contributed by atoms with Gasteiger partial charge in [-0.05, 0) is 6.07 Å². The zero-order valence-electron chi connectivity index (χ0n) is 15.7. The molecule has 0 unspecified atom stereocenters. The van der Waals surface area contributed by atoms with Gasteiger partial charge in [0.25, 0.3) is 0 Å². The maximum atomic E-state index is 15.0. The summed E-state index contributed by atoms with van der Waals surface area (Å²) in [5, 5.41) is 39.8. The van der Waals surface area contributed by atoms with Gasteiger partial charge in [0.15, 0.2) is 11.3 Å². The van der Waals surface area contributed by atoms with Gasteiger partial charge in [-0.15, -0.1) is 0 Å². The monoisotopic (exact) mass is 422 g/mol. The van der Waals surface area contributed by atoms with Gasteiger partial charge in [-0.1, -0.05) is 18.2 Å². The first kappa shape index (κ1) is 20.5. The van der Waals surface area contributed by atoms with Gasteiger partial charge in [-0.3, -0.25) is 0 Å². The van der Waals surface area contributed by atoms with E-state index in [0.717, 1.165) is 6.07 Å². The van der Waals surface area contributed by atoms with E-state index < -0.39 is 48.8 Å². The van der Waals surface area contributed by atoms with Crippen molar-refractivity contribution < 1.29 is 43.4 Å². The van der Waals surface area contributed by atoms with E-state index in [4.69, 9.17) is 18.6 Å². The van der Waals surface area contributed by atoms with Crippen LogP contribution in [0.5, 0.6) is 11.5 Å². The molecule has 4 N–H and O–H groups in total. The largest absolute Gasteiger partial charge is 0.490 e. The maximum absolute atomic E-state index is 15.0. The van der Waals surface area contributed by atoms with Crippen molar-refractivity contribution in [3.05, 3.63) is 46.6 Å². The van der Waals surface area contributed by atoms with Crippen molar-refractivity contribution in [2.24, 2.45) is 0 Å². The number of ether oxygens (including phenoxy) is 3. The van der Waals surface area contributed by atoms with Gasteiger partial charge in [0, 0.05) is 11.5 Å². The minimum atomic E-state index is -1.71. The van der Waals surface area contributed by atoms with E-state index in [0.29, 0.717) is 5.39 Å². The molecule has 4 rings (SSSR count). The van der Waals surface area contributed by atoms with Gasteiger partial charge in [0.2, 0.25) is 12.0 Å². The number of benzene rings is 2. The number of halogens is 1. The topological polar surface area (TPSA) is 139 Å². The molecular formula is C20H19FO9. The van der Waals surface area contributed by atoms with E-state index in [-0.39, 0.29) is 27.9 Å². The van der Waals surface area contributed by atoms with Gasteiger partial charge in [-0.2, -0.15) is 0 Å². The lowest BCUT2D eigenvalue weighted by molar-refractivity contribution is -0.277. The first-order chi connectivity index (χ1) is 14.4. The highest BCUT2D eigenvalue weighted by atomic mass is 19.1. The Morgan fingerprint density at radius 1 is 1.10 bits per heavy atom. The van der Waals surface area contributed by atoms with Crippen molar-refractivity contribution in [3.8, 4) is 11.5 Å². The molecule has 0 bridgehead atoms. The zero-order valence-corrected chi connectivity index (χ0v) is 15.7. The highest BCUT2D eigenvalue weighted by Crippen LogP contribution is 2.40. The fraction of sp³-hybridized carbons (Fsp3) is 0.350. The van der Waals surface area contributed by atoms with Crippen LogP contribution in [0.1, 0.15) is 0 Å². The first-order valence-electron chi connectivity index (χ1n) is 9.06. The van der Waals surface area contributed by atoms with Crippen molar-refractivity contribution in [1.82, 2.24) is 0 Å². The Bertz CT molecular complexity index is 1140. The summed E-state index contributed by atoms with van der Waals surface area (Å²) in [5.74, 6) is -1.19. The molecule has 0 aliphatic carbocycles. The average molecular weight is 422 g/mol. The Kier molecular flexibility index (Phi) is 5.35. The Hall–Kier alpha value is -2.76. The maximum Gasteiger partial charge on any atom is 0.344 e. The molecule has 9 nitrogen and oxygen atoms in total. The fourth-order valence-electron chi connectivity index (χ4n) is 3.53. The third-order valence-corrected chi connectivity index (χ3v) is 5.06. The quantitative estimate of drug-likeness (QED) is 0.345. The second-order valence-electron chi connectivity index (χ2n) is 6.84. The summed E-state index contributed by atoms with van der Waals surface area (Å²) >= 11 is 0. The molecule has 1 fully saturated rings. The van der Waals surface area contributed by atoms with Crippen molar-refractivity contribution in [2.75, 3.05) is 13.7 Å². The predicted octanol–water partition coefficient (Wildman–Crippen LogP) is 0.273. The molecule has 0 saturated carbocycles. The average Bonchev–Trinajstić information content (AvgIpc) is 2.74. The van der Waals surface area contributed by atoms with Crippen LogP contribution in [-0.2, 0) is 4.74 Å². The molecule has 1 aromatic heterocycles. The van der Waals surface area contributed by atoms with Gasteiger partial charge < -0.3 is 39.1 Å². The standard InChI is InChI=1S/C20H19FO9/c1-27-17-11(28-20-16(25)15(24)14(23)12(7-22)29-20)6-10(21)13-8-4-2-3-5-9(8)19(26)30-18(13)17/h2-6,12,14-16,20,22-25H,7H2,1H3/t12-,14-,15+,16-,20-/m1/s1. The normalized spacial score (nSPS) is 26.8. The minimum Gasteiger partial charge on any atom is -0.490 e. The number of hydrogen-bond acceptors (Lipinski definition) is 9. The van der Waals surface area contributed by atoms with Crippen molar-refractivity contribution in [2.45, 2.75) is 30.7 Å². The molecule has 1 aliphatic heterocycles. The van der Waals surface area contributed by atoms with Gasteiger partial charge in [-0.25, -0.2) is 9.18 Å². The summed E-state index contributed by atoms with van der Waals surface area (Å²) in [6.45, 7) is -0.658. The van der Waals surface area contributed by atoms with E-state index in [9.17, 15) is 25.2 Å². The lowest BCUT2D eigenvalue weighted by Crippen LogP contribution is -2.60. The number of methoxy groups -OCH3 is 1. The molecule has 2 aromatic carbocycles. The first-order valence-corrected chi connectivity index (χ1v) is 9.06. The minimum absolute atomic E-state index is 0.00297. The predicted molar refractivity (Wildman–Crippen MR) is 101 cm³/mol. The van der Waals surface area contributed by atoms with Crippen molar-refractivity contribution >= 4 is 21.7 Å². The summed E-state index contributed by atoms with van der Waals surface area (Å²) in [6.07, 6.45) is -7.76. The Morgan fingerprint density at radius 2 is 1.80 bits per heavy atom. The molecule has 0 amide bonds.